The SMILES string of the molecule is C=C(CC(=O)OCCCCCCCC)C(=O)OC1(C)COC1. The number of ether oxygens (including phenoxy) is 3. The van der Waals surface area contributed by atoms with Crippen molar-refractivity contribution in [3.63, 3.8) is 0 Å². The highest BCUT2D eigenvalue weighted by Crippen LogP contribution is 2.22. The van der Waals surface area contributed by atoms with E-state index in [1.54, 1.807) is 6.92 Å². The molecule has 1 aliphatic rings. The largest absolute Gasteiger partial charge is 0.465 e. The Morgan fingerprint density at radius 1 is 1.14 bits per heavy atom. The Bertz CT molecular complexity index is 385. The van der Waals surface area contributed by atoms with E-state index in [1.807, 2.05) is 0 Å². The van der Waals surface area contributed by atoms with Crippen molar-refractivity contribution < 1.29 is 23.8 Å². The molecule has 1 aliphatic heterocycles. The first-order chi connectivity index (χ1) is 10.5. The van der Waals surface area contributed by atoms with Gasteiger partial charge in [-0.05, 0) is 13.3 Å². The van der Waals surface area contributed by atoms with Gasteiger partial charge in [-0.15, -0.1) is 0 Å². The van der Waals surface area contributed by atoms with Crippen molar-refractivity contribution in [3.05, 3.63) is 12.2 Å². The van der Waals surface area contributed by atoms with Gasteiger partial charge in [-0.25, -0.2) is 4.79 Å². The molecule has 0 bridgehead atoms. The number of rotatable bonds is 11. The molecule has 0 aromatic rings. The number of carbonyl (C=O) groups is 2. The first kappa shape index (κ1) is 18.7. The van der Waals surface area contributed by atoms with Crippen molar-refractivity contribution in [2.24, 2.45) is 0 Å². The fraction of sp³-hybridized carbons (Fsp3) is 0.765. The van der Waals surface area contributed by atoms with E-state index in [0.29, 0.717) is 19.8 Å². The van der Waals surface area contributed by atoms with Crippen LogP contribution in [0.3, 0.4) is 0 Å². The van der Waals surface area contributed by atoms with Gasteiger partial charge in [-0.2, -0.15) is 0 Å². The lowest BCUT2D eigenvalue weighted by molar-refractivity contribution is -0.202. The molecule has 5 heteroatoms. The zero-order valence-corrected chi connectivity index (χ0v) is 13.8. The van der Waals surface area contributed by atoms with Gasteiger partial charge in [0.25, 0.3) is 0 Å². The minimum atomic E-state index is -0.581. The Balaban J connectivity index is 2.08. The van der Waals surface area contributed by atoms with Gasteiger partial charge in [0.05, 0.1) is 26.2 Å². The molecule has 0 N–H and O–H groups in total. The topological polar surface area (TPSA) is 61.8 Å². The molecule has 0 atom stereocenters. The number of hydrogen-bond acceptors (Lipinski definition) is 5. The van der Waals surface area contributed by atoms with Gasteiger partial charge < -0.3 is 14.2 Å². The maximum absolute atomic E-state index is 11.8. The third-order valence-electron chi connectivity index (χ3n) is 3.56. The van der Waals surface area contributed by atoms with E-state index < -0.39 is 17.5 Å². The highest BCUT2D eigenvalue weighted by molar-refractivity contribution is 5.93. The van der Waals surface area contributed by atoms with Gasteiger partial charge in [0, 0.05) is 5.57 Å². The Morgan fingerprint density at radius 2 is 1.77 bits per heavy atom. The summed E-state index contributed by atoms with van der Waals surface area (Å²) < 4.78 is 15.4. The van der Waals surface area contributed by atoms with Gasteiger partial charge >= 0.3 is 11.9 Å². The van der Waals surface area contributed by atoms with Gasteiger partial charge in [-0.1, -0.05) is 45.6 Å². The van der Waals surface area contributed by atoms with Gasteiger partial charge in [0.15, 0.2) is 5.60 Å². The summed E-state index contributed by atoms with van der Waals surface area (Å²) in [5, 5.41) is 0. The summed E-state index contributed by atoms with van der Waals surface area (Å²) in [4.78, 5) is 23.4. The molecular weight excluding hydrogens is 284 g/mol. The second-order valence-electron chi connectivity index (χ2n) is 6.10. The molecule has 22 heavy (non-hydrogen) atoms. The van der Waals surface area contributed by atoms with Crippen LogP contribution in [-0.2, 0) is 23.8 Å². The third-order valence-corrected chi connectivity index (χ3v) is 3.56. The molecule has 1 fully saturated rings. The van der Waals surface area contributed by atoms with Crippen molar-refractivity contribution in [2.75, 3.05) is 19.8 Å². The standard InChI is InChI=1S/C17H28O5/c1-4-5-6-7-8-9-10-21-15(18)11-14(2)16(19)22-17(3)12-20-13-17/h2,4-13H2,1,3H3. The monoisotopic (exact) mass is 312 g/mol. The average molecular weight is 312 g/mol. The highest BCUT2D eigenvalue weighted by Gasteiger charge is 2.38. The number of carbonyl (C=O) groups excluding carboxylic acids is 2. The van der Waals surface area contributed by atoms with Crippen LogP contribution < -0.4 is 0 Å². The average Bonchev–Trinajstić information content (AvgIpc) is 2.44. The van der Waals surface area contributed by atoms with Crippen LogP contribution >= 0.6 is 0 Å². The number of hydrogen-bond donors (Lipinski definition) is 0. The molecule has 5 nitrogen and oxygen atoms in total. The molecule has 0 aromatic heterocycles. The Labute approximate surface area is 133 Å². The van der Waals surface area contributed by atoms with E-state index in [-0.39, 0.29) is 12.0 Å². The van der Waals surface area contributed by atoms with Crippen LogP contribution in [0.5, 0.6) is 0 Å². The lowest BCUT2D eigenvalue weighted by Gasteiger charge is -2.37. The summed E-state index contributed by atoms with van der Waals surface area (Å²) in [6.07, 6.45) is 6.69. The second-order valence-corrected chi connectivity index (χ2v) is 6.10. The maximum atomic E-state index is 11.8. The third kappa shape index (κ3) is 7.07. The Hall–Kier alpha value is -1.36. The van der Waals surface area contributed by atoms with Crippen LogP contribution in [0.1, 0.15) is 58.8 Å². The second kappa shape index (κ2) is 9.62. The normalized spacial score (nSPS) is 15.7. The predicted octanol–water partition coefficient (Wildman–Crippen LogP) is 3.17. The zero-order chi connectivity index (χ0) is 16.4. The van der Waals surface area contributed by atoms with E-state index in [2.05, 4.69) is 13.5 Å². The quantitative estimate of drug-likeness (QED) is 0.333. The van der Waals surface area contributed by atoms with Crippen LogP contribution in [0.15, 0.2) is 12.2 Å². The van der Waals surface area contributed by atoms with Gasteiger partial charge in [0.2, 0.25) is 0 Å². The molecule has 126 valence electrons. The number of unbranched alkanes of at least 4 members (excludes halogenated alkanes) is 5. The summed E-state index contributed by atoms with van der Waals surface area (Å²) >= 11 is 0. The first-order valence-electron chi connectivity index (χ1n) is 8.11. The smallest absolute Gasteiger partial charge is 0.334 e. The molecule has 1 saturated heterocycles. The van der Waals surface area contributed by atoms with E-state index in [0.717, 1.165) is 12.8 Å². The summed E-state index contributed by atoms with van der Waals surface area (Å²) in [6, 6.07) is 0. The minimum absolute atomic E-state index is 0.119. The maximum Gasteiger partial charge on any atom is 0.334 e. The van der Waals surface area contributed by atoms with E-state index in [1.165, 1.54) is 25.7 Å². The van der Waals surface area contributed by atoms with Gasteiger partial charge in [-0.3, -0.25) is 4.79 Å². The van der Waals surface area contributed by atoms with Crippen molar-refractivity contribution in [1.29, 1.82) is 0 Å². The van der Waals surface area contributed by atoms with E-state index >= 15 is 0 Å². The van der Waals surface area contributed by atoms with E-state index in [4.69, 9.17) is 14.2 Å². The van der Waals surface area contributed by atoms with Crippen LogP contribution in [0, 0.1) is 0 Å². The van der Waals surface area contributed by atoms with E-state index in [9.17, 15) is 9.59 Å². The molecule has 0 amide bonds. The summed E-state index contributed by atoms with van der Waals surface area (Å²) in [7, 11) is 0. The lowest BCUT2D eigenvalue weighted by atomic mass is 10.1. The predicted molar refractivity (Wildman–Crippen MR) is 83.4 cm³/mol. The van der Waals surface area contributed by atoms with Gasteiger partial charge in [0.1, 0.15) is 0 Å². The Morgan fingerprint density at radius 3 is 2.36 bits per heavy atom. The molecular formula is C17H28O5. The van der Waals surface area contributed by atoms with Crippen molar-refractivity contribution in [2.45, 2.75) is 64.4 Å². The van der Waals surface area contributed by atoms with Crippen molar-refractivity contribution >= 4 is 11.9 Å². The first-order valence-corrected chi connectivity index (χ1v) is 8.11. The van der Waals surface area contributed by atoms with Crippen LogP contribution in [0.4, 0.5) is 0 Å². The zero-order valence-electron chi connectivity index (χ0n) is 13.8. The highest BCUT2D eigenvalue weighted by atomic mass is 16.6. The molecule has 0 spiro atoms. The fourth-order valence-corrected chi connectivity index (χ4v) is 2.11. The molecule has 0 aliphatic carbocycles. The van der Waals surface area contributed by atoms with Crippen LogP contribution in [0.25, 0.3) is 0 Å². The summed E-state index contributed by atoms with van der Waals surface area (Å²) in [5.74, 6) is -0.979. The molecule has 0 aromatic carbocycles. The molecule has 0 saturated carbocycles. The summed E-state index contributed by atoms with van der Waals surface area (Å²) in [6.45, 7) is 8.74. The van der Waals surface area contributed by atoms with Crippen LogP contribution in [-0.4, -0.2) is 37.4 Å². The molecule has 0 radical (unpaired) electrons. The molecule has 0 unspecified atom stereocenters. The van der Waals surface area contributed by atoms with Crippen molar-refractivity contribution in [3.8, 4) is 0 Å². The Kier molecular flexibility index (Phi) is 8.17. The fourth-order valence-electron chi connectivity index (χ4n) is 2.11. The molecule has 1 heterocycles. The molecule has 1 rings (SSSR count). The summed E-state index contributed by atoms with van der Waals surface area (Å²) in [5.41, 5.74) is -0.455. The van der Waals surface area contributed by atoms with Crippen LogP contribution in [0.2, 0.25) is 0 Å². The van der Waals surface area contributed by atoms with Crippen molar-refractivity contribution in [1.82, 2.24) is 0 Å². The number of esters is 2. The minimum Gasteiger partial charge on any atom is -0.465 e. The lowest BCUT2D eigenvalue weighted by Crippen LogP contribution is -2.50.